The van der Waals surface area contributed by atoms with Crippen LogP contribution >= 0.6 is 11.3 Å². The summed E-state index contributed by atoms with van der Waals surface area (Å²) >= 11 is 1.42. The van der Waals surface area contributed by atoms with Crippen LogP contribution in [0.4, 0.5) is 5.69 Å². The summed E-state index contributed by atoms with van der Waals surface area (Å²) in [5, 5.41) is 16.1. The van der Waals surface area contributed by atoms with Crippen LogP contribution in [0.15, 0.2) is 46.5 Å². The van der Waals surface area contributed by atoms with Crippen molar-refractivity contribution < 1.29 is 4.79 Å². The average Bonchev–Trinajstić information content (AvgIpc) is 3.17. The zero-order valence-corrected chi connectivity index (χ0v) is 17.2. The van der Waals surface area contributed by atoms with Gasteiger partial charge < -0.3 is 11.2 Å². The molecule has 0 saturated heterocycles. The topological polar surface area (TPSA) is 119 Å². The maximum Gasteiger partial charge on any atom is 0.273 e. The number of nitrogens with one attached hydrogen (secondary N) is 1. The number of carbonyl (C=O) groups is 1. The summed E-state index contributed by atoms with van der Waals surface area (Å²) in [6.45, 7) is 5.99. The Kier molecular flexibility index (Phi) is 6.40. The second-order valence-electron chi connectivity index (χ2n) is 6.33. The van der Waals surface area contributed by atoms with Gasteiger partial charge in [-0.2, -0.15) is 5.10 Å². The van der Waals surface area contributed by atoms with E-state index in [1.165, 1.54) is 17.6 Å². The lowest BCUT2D eigenvalue weighted by Gasteiger charge is -2.03. The van der Waals surface area contributed by atoms with Gasteiger partial charge in [0.25, 0.3) is 5.91 Å². The monoisotopic (exact) mass is 407 g/mol. The molecule has 0 unspecified atom stereocenters. The Morgan fingerprint density at radius 1 is 1.17 bits per heavy atom. The molecule has 8 nitrogen and oxygen atoms in total. The van der Waals surface area contributed by atoms with Gasteiger partial charge in [0, 0.05) is 11.3 Å². The molecule has 0 spiro atoms. The van der Waals surface area contributed by atoms with Crippen molar-refractivity contribution in [2.45, 2.75) is 27.3 Å². The van der Waals surface area contributed by atoms with Gasteiger partial charge in [-0.1, -0.05) is 35.6 Å². The van der Waals surface area contributed by atoms with E-state index in [0.717, 1.165) is 27.5 Å². The zero-order chi connectivity index (χ0) is 20.8. The minimum absolute atomic E-state index is 0.00798. The molecule has 0 saturated carbocycles. The molecule has 0 bridgehead atoms. The summed E-state index contributed by atoms with van der Waals surface area (Å²) in [7, 11) is 0. The molecule has 2 aromatic heterocycles. The number of hydrogen-bond acceptors (Lipinski definition) is 8. The summed E-state index contributed by atoms with van der Waals surface area (Å²) in [6, 6.07) is 11.6. The van der Waals surface area contributed by atoms with E-state index in [9.17, 15) is 4.79 Å². The first-order chi connectivity index (χ1) is 14.0. The van der Waals surface area contributed by atoms with Gasteiger partial charge in [-0.25, -0.2) is 0 Å². The predicted octanol–water partition coefficient (Wildman–Crippen LogP) is 2.86. The minimum Gasteiger partial charge on any atom is -0.344 e. The van der Waals surface area contributed by atoms with Crippen molar-refractivity contribution in [1.29, 1.82) is 0 Å². The molecule has 0 atom stereocenters. The van der Waals surface area contributed by atoms with Crippen LogP contribution in [0.3, 0.4) is 0 Å². The van der Waals surface area contributed by atoms with Crippen molar-refractivity contribution >= 4 is 34.9 Å². The molecule has 1 amide bonds. The number of aliphatic imine (C=N–C) groups is 1. The first-order valence-electron chi connectivity index (χ1n) is 8.90. The first-order valence-corrected chi connectivity index (χ1v) is 9.72. The van der Waals surface area contributed by atoms with E-state index in [1.54, 1.807) is 0 Å². The number of hydrogen-bond donors (Lipinski definition) is 2. The summed E-state index contributed by atoms with van der Waals surface area (Å²) in [5.74, 6) is 4.92. The Bertz CT molecular complexity index is 1090. The van der Waals surface area contributed by atoms with Gasteiger partial charge in [-0.05, 0) is 38.5 Å². The quantitative estimate of drug-likeness (QED) is 0.370. The number of aryl methyl sites for hydroxylation is 3. The number of nitrogens with zero attached hydrogens (tertiary/aromatic N) is 5. The number of pyridine rings is 1. The zero-order valence-electron chi connectivity index (χ0n) is 16.4. The number of nitrogens with two attached hydrogens (primary N) is 1. The summed E-state index contributed by atoms with van der Waals surface area (Å²) in [4.78, 5) is 21.0. The van der Waals surface area contributed by atoms with Crippen LogP contribution in [0, 0.1) is 20.8 Å². The minimum atomic E-state index is -0.443. The van der Waals surface area contributed by atoms with Crippen LogP contribution in [0.25, 0.3) is 10.6 Å². The van der Waals surface area contributed by atoms with Gasteiger partial charge in [0.2, 0.25) is 0 Å². The molecular weight excluding hydrogens is 386 g/mol. The van der Waals surface area contributed by atoms with Gasteiger partial charge in [0.05, 0.1) is 24.1 Å². The lowest BCUT2D eigenvalue weighted by molar-refractivity contribution is -0.114. The van der Waals surface area contributed by atoms with E-state index >= 15 is 0 Å². The van der Waals surface area contributed by atoms with Crippen molar-refractivity contribution in [2.24, 2.45) is 15.9 Å². The number of amides is 1. The standard InChI is InChI=1S/C20H21N7OS/c1-12-6-4-5-7-15(12)20-27-26-18(29-20)11-23-19(28)17(25-21)10-22-16-9-8-13(2)24-14(16)3/h4-10H,11,21H2,1-3H3,(H,23,28)/b22-10?,25-17+. The molecular formula is C20H21N7OS. The van der Waals surface area contributed by atoms with E-state index in [0.29, 0.717) is 10.7 Å². The van der Waals surface area contributed by atoms with E-state index in [4.69, 9.17) is 5.84 Å². The number of rotatable bonds is 6. The van der Waals surface area contributed by atoms with E-state index in [2.05, 4.69) is 30.6 Å². The average molecular weight is 408 g/mol. The van der Waals surface area contributed by atoms with Crippen LogP contribution in [-0.2, 0) is 11.3 Å². The molecule has 1 aromatic carbocycles. The summed E-state index contributed by atoms with van der Waals surface area (Å²) in [5.41, 5.74) is 4.46. The molecule has 3 aromatic rings. The molecule has 0 aliphatic heterocycles. The SMILES string of the molecule is Cc1ccc(N=C/C(=N\N)C(=O)NCc2nnc(-c3ccccc3C)s2)c(C)n1. The normalized spacial score (nSPS) is 11.8. The number of benzene rings is 1. The molecule has 0 aliphatic rings. The highest BCUT2D eigenvalue weighted by molar-refractivity contribution is 7.14. The van der Waals surface area contributed by atoms with Crippen molar-refractivity contribution in [2.75, 3.05) is 0 Å². The number of hydrazone groups is 1. The number of carbonyl (C=O) groups excluding carboxylic acids is 1. The fourth-order valence-corrected chi connectivity index (χ4v) is 3.46. The van der Waals surface area contributed by atoms with Crippen LogP contribution in [0.2, 0.25) is 0 Å². The fraction of sp³-hybridized carbons (Fsp3) is 0.200. The molecule has 2 heterocycles. The van der Waals surface area contributed by atoms with Crippen molar-refractivity contribution in [3.8, 4) is 10.6 Å². The highest BCUT2D eigenvalue weighted by atomic mass is 32.1. The Labute approximate surface area is 172 Å². The number of aromatic nitrogens is 3. The molecule has 0 fully saturated rings. The third kappa shape index (κ3) is 5.08. The Morgan fingerprint density at radius 2 is 1.97 bits per heavy atom. The van der Waals surface area contributed by atoms with E-state index in [1.807, 2.05) is 57.2 Å². The Balaban J connectivity index is 1.64. The molecule has 3 rings (SSSR count). The first kappa shape index (κ1) is 20.3. The maximum atomic E-state index is 12.4. The maximum absolute atomic E-state index is 12.4. The third-order valence-electron chi connectivity index (χ3n) is 4.14. The van der Waals surface area contributed by atoms with Crippen molar-refractivity contribution in [1.82, 2.24) is 20.5 Å². The van der Waals surface area contributed by atoms with Crippen molar-refractivity contribution in [3.05, 3.63) is 58.4 Å². The van der Waals surface area contributed by atoms with Crippen LogP contribution in [-0.4, -0.2) is 33.0 Å². The van der Waals surface area contributed by atoms with Crippen LogP contribution in [0.1, 0.15) is 22.0 Å². The van der Waals surface area contributed by atoms with Gasteiger partial charge in [-0.15, -0.1) is 10.2 Å². The fourth-order valence-electron chi connectivity index (χ4n) is 2.59. The van der Waals surface area contributed by atoms with Gasteiger partial charge in [-0.3, -0.25) is 14.8 Å². The second-order valence-corrected chi connectivity index (χ2v) is 7.39. The van der Waals surface area contributed by atoms with Gasteiger partial charge in [0.1, 0.15) is 10.0 Å². The smallest absolute Gasteiger partial charge is 0.273 e. The predicted molar refractivity (Wildman–Crippen MR) is 115 cm³/mol. The molecule has 0 radical (unpaired) electrons. The Hall–Kier alpha value is -3.46. The highest BCUT2D eigenvalue weighted by Gasteiger charge is 2.12. The molecule has 148 valence electrons. The molecule has 0 aliphatic carbocycles. The lowest BCUT2D eigenvalue weighted by Crippen LogP contribution is -2.32. The summed E-state index contributed by atoms with van der Waals surface area (Å²) < 4.78 is 0. The highest BCUT2D eigenvalue weighted by Crippen LogP contribution is 2.26. The summed E-state index contributed by atoms with van der Waals surface area (Å²) in [6.07, 6.45) is 1.33. The van der Waals surface area contributed by atoms with Crippen LogP contribution in [0.5, 0.6) is 0 Å². The second kappa shape index (κ2) is 9.16. The van der Waals surface area contributed by atoms with Crippen molar-refractivity contribution in [3.63, 3.8) is 0 Å². The van der Waals surface area contributed by atoms with E-state index in [-0.39, 0.29) is 12.3 Å². The largest absolute Gasteiger partial charge is 0.344 e. The van der Waals surface area contributed by atoms with Gasteiger partial charge in [0.15, 0.2) is 5.71 Å². The Morgan fingerprint density at radius 3 is 2.69 bits per heavy atom. The molecule has 9 heteroatoms. The van der Waals surface area contributed by atoms with Crippen LogP contribution < -0.4 is 11.2 Å². The van der Waals surface area contributed by atoms with E-state index < -0.39 is 5.91 Å². The van der Waals surface area contributed by atoms with Gasteiger partial charge >= 0.3 is 0 Å². The molecule has 29 heavy (non-hydrogen) atoms. The lowest BCUT2D eigenvalue weighted by atomic mass is 10.1. The molecule has 3 N–H and O–H groups in total. The third-order valence-corrected chi connectivity index (χ3v) is 5.09.